The molecule has 40 heavy (non-hydrogen) atoms. The second-order valence-corrected chi connectivity index (χ2v) is 10.6. The summed E-state index contributed by atoms with van der Waals surface area (Å²) in [4.78, 5) is 28.9. The van der Waals surface area contributed by atoms with E-state index in [1.807, 2.05) is 6.07 Å². The molecule has 4 aromatic rings. The van der Waals surface area contributed by atoms with Crippen LogP contribution in [-0.2, 0) is 24.6 Å². The van der Waals surface area contributed by atoms with Crippen LogP contribution in [0.25, 0.3) is 11.3 Å². The van der Waals surface area contributed by atoms with E-state index in [-0.39, 0.29) is 22.4 Å². The van der Waals surface area contributed by atoms with Crippen molar-refractivity contribution in [3.63, 3.8) is 0 Å². The summed E-state index contributed by atoms with van der Waals surface area (Å²) in [7, 11) is 0. The van der Waals surface area contributed by atoms with Crippen LogP contribution < -0.4 is 16.4 Å². The fraction of sp³-hybridized carbons (Fsp3) is 0.241. The Morgan fingerprint density at radius 1 is 1.00 bits per heavy atom. The van der Waals surface area contributed by atoms with Gasteiger partial charge in [0.15, 0.2) is 0 Å². The van der Waals surface area contributed by atoms with Gasteiger partial charge in [-0.25, -0.2) is 9.67 Å². The first kappa shape index (κ1) is 26.9. The Balaban J connectivity index is 1.39. The van der Waals surface area contributed by atoms with E-state index < -0.39 is 23.6 Å². The van der Waals surface area contributed by atoms with Crippen molar-refractivity contribution in [1.82, 2.24) is 14.8 Å². The molecule has 0 atom stereocenters. The van der Waals surface area contributed by atoms with Crippen LogP contribution in [0.15, 0.2) is 60.8 Å². The summed E-state index contributed by atoms with van der Waals surface area (Å²) in [6.45, 7) is 7.00. The van der Waals surface area contributed by atoms with Gasteiger partial charge in [-0.2, -0.15) is 18.3 Å². The number of rotatable bonds is 4. The van der Waals surface area contributed by atoms with Gasteiger partial charge in [0.1, 0.15) is 22.9 Å². The zero-order valence-corrected chi connectivity index (χ0v) is 22.1. The minimum atomic E-state index is -4.52. The number of halogens is 3. The number of nitrogens with zero attached hydrogens (tertiary/aromatic N) is 3. The van der Waals surface area contributed by atoms with Crippen molar-refractivity contribution in [3.05, 3.63) is 88.6 Å². The molecule has 0 unspecified atom stereocenters. The molecule has 0 fully saturated rings. The number of hydrogen-bond acceptors (Lipinski definition) is 5. The van der Waals surface area contributed by atoms with E-state index in [4.69, 9.17) is 5.73 Å². The van der Waals surface area contributed by atoms with Gasteiger partial charge in [-0.05, 0) is 53.3 Å². The van der Waals surface area contributed by atoms with Crippen molar-refractivity contribution in [2.45, 2.75) is 45.3 Å². The molecule has 2 aromatic heterocycles. The number of nitrogens with two attached hydrogens (primary N) is 1. The molecule has 206 valence electrons. The molecule has 0 saturated heterocycles. The van der Waals surface area contributed by atoms with E-state index in [2.05, 4.69) is 53.6 Å². The highest BCUT2D eigenvalue weighted by Gasteiger charge is 2.31. The molecule has 3 heterocycles. The monoisotopic (exact) mass is 548 g/mol. The smallest absolute Gasteiger partial charge is 0.365 e. The number of amides is 2. The van der Waals surface area contributed by atoms with Gasteiger partial charge in [-0.1, -0.05) is 45.0 Å². The molecule has 4 N–H and O–H groups in total. The molecule has 0 aliphatic carbocycles. The first-order valence-corrected chi connectivity index (χ1v) is 12.6. The van der Waals surface area contributed by atoms with Crippen molar-refractivity contribution in [2.75, 3.05) is 10.6 Å². The van der Waals surface area contributed by atoms with Crippen LogP contribution in [0.1, 0.15) is 58.2 Å². The van der Waals surface area contributed by atoms with Crippen LogP contribution in [0.5, 0.6) is 0 Å². The van der Waals surface area contributed by atoms with E-state index in [1.165, 1.54) is 17.7 Å². The number of anilines is 3. The number of aromatic nitrogens is 3. The molecular weight excluding hydrogens is 521 g/mol. The second kappa shape index (κ2) is 9.82. The van der Waals surface area contributed by atoms with Gasteiger partial charge < -0.3 is 16.4 Å². The molecule has 0 spiro atoms. The maximum absolute atomic E-state index is 12.8. The van der Waals surface area contributed by atoms with E-state index in [9.17, 15) is 22.8 Å². The lowest BCUT2D eigenvalue weighted by molar-refractivity contribution is -0.137. The van der Waals surface area contributed by atoms with Gasteiger partial charge >= 0.3 is 6.18 Å². The highest BCUT2D eigenvalue weighted by Crippen LogP contribution is 2.36. The molecule has 8 nitrogen and oxygen atoms in total. The van der Waals surface area contributed by atoms with Gasteiger partial charge in [-0.15, -0.1) is 0 Å². The van der Waals surface area contributed by atoms with Crippen LogP contribution in [0.4, 0.5) is 30.5 Å². The molecule has 11 heteroatoms. The number of fused-ring (bicyclic) bond motifs is 2. The SMILES string of the molecule is CC(C)(C)c1ccc2c(c1)CCn1nc(-c3ccc(C(=O)Nc4ccc(C(F)(F)F)cn4)cc3)c(C(N)=O)c1N2. The van der Waals surface area contributed by atoms with Gasteiger partial charge in [0.05, 0.1) is 5.56 Å². The average Bonchev–Trinajstić information content (AvgIpc) is 3.16. The third-order valence-corrected chi connectivity index (χ3v) is 6.77. The highest BCUT2D eigenvalue weighted by atomic mass is 19.4. The summed E-state index contributed by atoms with van der Waals surface area (Å²) >= 11 is 0. The van der Waals surface area contributed by atoms with Gasteiger partial charge in [0.2, 0.25) is 0 Å². The molecule has 1 aliphatic heterocycles. The number of pyridine rings is 1. The maximum Gasteiger partial charge on any atom is 0.417 e. The summed E-state index contributed by atoms with van der Waals surface area (Å²) in [5, 5.41) is 10.5. The zero-order chi connectivity index (χ0) is 28.8. The number of primary amides is 1. The van der Waals surface area contributed by atoms with Crippen molar-refractivity contribution >= 4 is 29.1 Å². The summed E-state index contributed by atoms with van der Waals surface area (Å²) in [6, 6.07) is 14.5. The number of benzene rings is 2. The third kappa shape index (κ3) is 5.27. The fourth-order valence-electron chi connectivity index (χ4n) is 4.53. The van der Waals surface area contributed by atoms with Gasteiger partial charge in [0, 0.05) is 29.6 Å². The fourth-order valence-corrected chi connectivity index (χ4v) is 4.53. The standard InChI is InChI=1S/C29H27F3N6O2/c1-28(2,3)19-8-10-21-18(14-19)12-13-38-26(35-21)23(25(33)39)24(37-38)16-4-6-17(7-5-16)27(40)36-22-11-9-20(15-34-22)29(30,31)32/h4-11,14-15,35H,12-13H2,1-3H3,(H2,33,39)(H,34,36,40). The zero-order valence-electron chi connectivity index (χ0n) is 22.1. The molecular formula is C29H27F3N6O2. The van der Waals surface area contributed by atoms with E-state index in [0.717, 1.165) is 23.4 Å². The van der Waals surface area contributed by atoms with Crippen molar-refractivity contribution in [1.29, 1.82) is 0 Å². The van der Waals surface area contributed by atoms with Crippen LogP contribution in [-0.4, -0.2) is 26.6 Å². The summed E-state index contributed by atoms with van der Waals surface area (Å²) in [5.41, 5.74) is 9.52. The summed E-state index contributed by atoms with van der Waals surface area (Å²) < 4.78 is 40.0. The second-order valence-electron chi connectivity index (χ2n) is 10.6. The first-order chi connectivity index (χ1) is 18.8. The Hall–Kier alpha value is -4.67. The molecule has 0 saturated carbocycles. The molecule has 2 amide bonds. The van der Waals surface area contributed by atoms with Crippen LogP contribution in [0.2, 0.25) is 0 Å². The quantitative estimate of drug-likeness (QED) is 0.293. The van der Waals surface area contributed by atoms with Gasteiger partial charge in [0.25, 0.3) is 11.8 Å². The summed E-state index contributed by atoms with van der Waals surface area (Å²) in [6.07, 6.45) is -3.16. The molecule has 5 rings (SSSR count). The highest BCUT2D eigenvalue weighted by molar-refractivity contribution is 6.06. The van der Waals surface area contributed by atoms with Crippen LogP contribution >= 0.6 is 0 Å². The largest absolute Gasteiger partial charge is 0.417 e. The number of carbonyl (C=O) groups excluding carboxylic acids is 2. The number of hydrogen-bond donors (Lipinski definition) is 3. The average molecular weight is 549 g/mol. The number of aryl methyl sites for hydroxylation is 2. The Labute approximate surface area is 228 Å². The van der Waals surface area contributed by atoms with Crippen LogP contribution in [0.3, 0.4) is 0 Å². The first-order valence-electron chi connectivity index (χ1n) is 12.6. The molecule has 0 bridgehead atoms. The van der Waals surface area contributed by atoms with Crippen molar-refractivity contribution < 1.29 is 22.8 Å². The summed E-state index contributed by atoms with van der Waals surface area (Å²) in [5.74, 6) is -0.715. The van der Waals surface area contributed by atoms with Gasteiger partial charge in [-0.3, -0.25) is 9.59 Å². The normalized spacial score (nSPS) is 13.1. The van der Waals surface area contributed by atoms with Crippen LogP contribution in [0, 0.1) is 0 Å². The maximum atomic E-state index is 12.8. The molecule has 0 radical (unpaired) electrons. The Bertz CT molecular complexity index is 1600. The lowest BCUT2D eigenvalue weighted by atomic mass is 9.85. The lowest BCUT2D eigenvalue weighted by Crippen LogP contribution is -2.15. The van der Waals surface area contributed by atoms with Crippen molar-refractivity contribution in [3.8, 4) is 11.3 Å². The molecule has 1 aliphatic rings. The minimum Gasteiger partial charge on any atom is -0.365 e. The third-order valence-electron chi connectivity index (χ3n) is 6.77. The Kier molecular flexibility index (Phi) is 6.61. The lowest BCUT2D eigenvalue weighted by Gasteiger charge is -2.21. The topological polar surface area (TPSA) is 115 Å². The predicted octanol–water partition coefficient (Wildman–Crippen LogP) is 5.91. The predicted molar refractivity (Wildman–Crippen MR) is 146 cm³/mol. The van der Waals surface area contributed by atoms with E-state index in [1.54, 1.807) is 16.8 Å². The van der Waals surface area contributed by atoms with E-state index >= 15 is 0 Å². The Morgan fingerprint density at radius 2 is 1.70 bits per heavy atom. The number of carbonyl (C=O) groups is 2. The molecule has 2 aromatic carbocycles. The van der Waals surface area contributed by atoms with Crippen molar-refractivity contribution in [2.24, 2.45) is 5.73 Å². The minimum absolute atomic E-state index is 0.00220. The Morgan fingerprint density at radius 3 is 2.30 bits per heavy atom. The number of alkyl halides is 3. The van der Waals surface area contributed by atoms with E-state index in [0.29, 0.717) is 36.2 Å². The number of nitrogens with one attached hydrogen (secondary N) is 2.